The van der Waals surface area contributed by atoms with Crippen molar-refractivity contribution in [3.05, 3.63) is 64.6 Å². The lowest BCUT2D eigenvalue weighted by atomic mass is 9.89. The van der Waals surface area contributed by atoms with E-state index in [0.29, 0.717) is 22.3 Å². The maximum Gasteiger partial charge on any atom is 0.306 e. The van der Waals surface area contributed by atoms with Gasteiger partial charge in [-0.2, -0.15) is 0 Å². The first kappa shape index (κ1) is 45.8. The second-order valence-electron chi connectivity index (χ2n) is 17.1. The number of ether oxygens (including phenoxy) is 1. The van der Waals surface area contributed by atoms with E-state index in [4.69, 9.17) is 9.72 Å². The fraction of sp³-hybridized carbons (Fsp3) is 0.651. The summed E-state index contributed by atoms with van der Waals surface area (Å²) in [4.78, 5) is 60.4. The van der Waals surface area contributed by atoms with Gasteiger partial charge >= 0.3 is 5.97 Å². The lowest BCUT2D eigenvalue weighted by Crippen LogP contribution is -2.69. The number of nitrogens with one attached hydrogen (secondary N) is 2. The van der Waals surface area contributed by atoms with Crippen molar-refractivity contribution < 1.29 is 33.5 Å². The summed E-state index contributed by atoms with van der Waals surface area (Å²) < 4.78 is 6.91. The summed E-state index contributed by atoms with van der Waals surface area (Å²) in [7, 11) is 3.98. The Balaban J connectivity index is 1.84. The number of aromatic nitrogens is 1. The predicted octanol–water partition coefficient (Wildman–Crippen LogP) is 7.04. The van der Waals surface area contributed by atoms with Crippen LogP contribution >= 0.6 is 11.3 Å². The average Bonchev–Trinajstić information content (AvgIpc) is 3.63. The largest absolute Gasteiger partial charge is 0.481 e. The molecule has 1 aliphatic heterocycles. The number of aliphatic carboxylic acids is 1. The van der Waals surface area contributed by atoms with Crippen LogP contribution in [0.1, 0.15) is 121 Å². The minimum absolute atomic E-state index is 0.0361. The molecule has 3 rings (SSSR count). The Morgan fingerprint density at radius 1 is 1.09 bits per heavy atom. The highest BCUT2D eigenvalue weighted by Crippen LogP contribution is 2.34. The van der Waals surface area contributed by atoms with Crippen LogP contribution in [-0.4, -0.2) is 100 Å². The maximum absolute atomic E-state index is 14.5. The van der Waals surface area contributed by atoms with E-state index >= 15 is 0 Å². The smallest absolute Gasteiger partial charge is 0.306 e. The molecule has 0 saturated carbocycles. The van der Waals surface area contributed by atoms with Crippen LogP contribution in [0.5, 0.6) is 0 Å². The van der Waals surface area contributed by atoms with Crippen LogP contribution in [0.2, 0.25) is 0 Å². The van der Waals surface area contributed by atoms with E-state index in [1.165, 1.54) is 11.3 Å². The van der Waals surface area contributed by atoms with Gasteiger partial charge in [-0.25, -0.2) is 4.98 Å². The zero-order chi connectivity index (χ0) is 41.1. The van der Waals surface area contributed by atoms with Crippen molar-refractivity contribution in [2.24, 2.45) is 17.8 Å². The van der Waals surface area contributed by atoms with E-state index in [1.807, 2.05) is 44.2 Å². The highest BCUT2D eigenvalue weighted by molar-refractivity contribution is 7.09. The molecule has 8 atom stereocenters. The first-order chi connectivity index (χ1) is 25.8. The van der Waals surface area contributed by atoms with Crippen molar-refractivity contribution >= 4 is 35.0 Å². The van der Waals surface area contributed by atoms with Gasteiger partial charge in [-0.05, 0) is 63.9 Å². The molecule has 2 aromatic rings. The lowest BCUT2D eigenvalue weighted by molar-refractivity contribution is -0.971. The van der Waals surface area contributed by atoms with Crippen molar-refractivity contribution in [1.29, 1.82) is 0 Å². The molecule has 1 aromatic heterocycles. The first-order valence-corrected chi connectivity index (χ1v) is 20.9. The molecule has 306 valence electrons. The Hall–Kier alpha value is -3.61. The van der Waals surface area contributed by atoms with Crippen molar-refractivity contribution in [2.75, 3.05) is 27.2 Å². The summed E-state index contributed by atoms with van der Waals surface area (Å²) in [5, 5.41) is 18.2. The molecule has 55 heavy (non-hydrogen) atoms. The number of piperidine rings is 1. The van der Waals surface area contributed by atoms with E-state index < -0.39 is 30.1 Å². The number of carbonyl (C=O) groups is 4. The summed E-state index contributed by atoms with van der Waals surface area (Å²) in [5.41, 5.74) is 1.09. The lowest BCUT2D eigenvalue weighted by Gasteiger charge is -2.52. The van der Waals surface area contributed by atoms with Crippen LogP contribution in [-0.2, 0) is 25.5 Å². The highest BCUT2D eigenvalue weighted by Gasteiger charge is 2.49. The molecule has 0 spiro atoms. The van der Waals surface area contributed by atoms with Crippen LogP contribution in [0, 0.1) is 17.8 Å². The summed E-state index contributed by atoms with van der Waals surface area (Å²) in [6.45, 7) is 21.4. The molecule has 1 aromatic carbocycles. The van der Waals surface area contributed by atoms with Gasteiger partial charge in [0.25, 0.3) is 11.8 Å². The molecule has 3 amide bonds. The molecule has 1 saturated heterocycles. The van der Waals surface area contributed by atoms with Gasteiger partial charge < -0.3 is 29.9 Å². The molecule has 0 radical (unpaired) electrons. The minimum Gasteiger partial charge on any atom is -0.481 e. The Morgan fingerprint density at radius 3 is 2.35 bits per heavy atom. The van der Waals surface area contributed by atoms with Crippen LogP contribution in [0.15, 0.2) is 48.4 Å². The number of amides is 3. The van der Waals surface area contributed by atoms with Crippen LogP contribution in [0.3, 0.4) is 0 Å². The number of likely N-dealkylation sites (tertiary alicyclic amines) is 1. The zero-order valence-corrected chi connectivity index (χ0v) is 35.8. The van der Waals surface area contributed by atoms with E-state index in [9.17, 15) is 24.3 Å². The molecular formula is C43H68N5O6S+. The first-order valence-electron chi connectivity index (χ1n) is 20.0. The van der Waals surface area contributed by atoms with E-state index in [1.54, 1.807) is 30.3 Å². The number of rotatable bonds is 20. The van der Waals surface area contributed by atoms with Crippen LogP contribution < -0.4 is 10.6 Å². The average molecular weight is 783 g/mol. The molecule has 0 aliphatic carbocycles. The van der Waals surface area contributed by atoms with Gasteiger partial charge in [0.05, 0.1) is 31.7 Å². The Labute approximate surface area is 333 Å². The van der Waals surface area contributed by atoms with Gasteiger partial charge in [-0.3, -0.25) is 19.2 Å². The monoisotopic (exact) mass is 782 g/mol. The number of thiazole rings is 1. The number of carbonyl (C=O) groups excluding carboxylic acids is 3. The van der Waals surface area contributed by atoms with E-state index in [0.717, 1.165) is 37.8 Å². The number of carboxylic acids is 1. The predicted molar refractivity (Wildman–Crippen MR) is 220 cm³/mol. The third-order valence-corrected chi connectivity index (χ3v) is 12.8. The van der Waals surface area contributed by atoms with Crippen molar-refractivity contribution in [1.82, 2.24) is 20.5 Å². The third kappa shape index (κ3) is 12.2. The molecular weight excluding hydrogens is 715 g/mol. The van der Waals surface area contributed by atoms with Crippen molar-refractivity contribution in [3.8, 4) is 0 Å². The number of likely N-dealkylation sites (N-methyl/N-ethyl adjacent to an activating group) is 2. The molecule has 2 heterocycles. The van der Waals surface area contributed by atoms with Gasteiger partial charge in [-0.1, -0.05) is 77.4 Å². The SMILES string of the molecule is C=CCO[C@H](C[C@H](C(C)C)N(C)C(=O)C(NC(=O)[C@H]1CCCC[N+]1(C)C(C)(C)C)[C@@H](C)CC)c1nc(C(=O)N[C@@H](Cc2ccccc2)C[C@H](C)C(=O)O)cs1. The number of carboxylic acid groups (broad SMARTS) is 1. The Bertz CT molecular complexity index is 1570. The van der Waals surface area contributed by atoms with Gasteiger partial charge in [0.1, 0.15) is 22.8 Å². The third-order valence-electron chi connectivity index (χ3n) is 11.9. The molecule has 2 unspecified atom stereocenters. The highest BCUT2D eigenvalue weighted by atomic mass is 32.1. The molecule has 3 N–H and O–H groups in total. The molecule has 11 nitrogen and oxygen atoms in total. The summed E-state index contributed by atoms with van der Waals surface area (Å²) in [5.74, 6) is -2.19. The molecule has 0 bridgehead atoms. The maximum atomic E-state index is 14.5. The Morgan fingerprint density at radius 2 is 1.76 bits per heavy atom. The van der Waals surface area contributed by atoms with Gasteiger partial charge in [0, 0.05) is 37.4 Å². The van der Waals surface area contributed by atoms with Gasteiger partial charge in [-0.15, -0.1) is 17.9 Å². The minimum atomic E-state index is -0.918. The molecule has 1 aliphatic rings. The number of hydrogen-bond donors (Lipinski definition) is 3. The number of hydrogen-bond acceptors (Lipinski definition) is 7. The van der Waals surface area contributed by atoms with Crippen LogP contribution in [0.4, 0.5) is 0 Å². The number of nitrogens with zero attached hydrogens (tertiary/aromatic N) is 3. The molecule has 12 heteroatoms. The van der Waals surface area contributed by atoms with Crippen molar-refractivity contribution in [2.45, 2.75) is 136 Å². The van der Waals surface area contributed by atoms with Gasteiger partial charge in [0.15, 0.2) is 6.04 Å². The fourth-order valence-corrected chi connectivity index (χ4v) is 8.53. The van der Waals surface area contributed by atoms with Crippen molar-refractivity contribution in [3.63, 3.8) is 0 Å². The van der Waals surface area contributed by atoms with E-state index in [2.05, 4.69) is 58.9 Å². The van der Waals surface area contributed by atoms with Gasteiger partial charge in [0.2, 0.25) is 5.91 Å². The zero-order valence-electron chi connectivity index (χ0n) is 35.0. The van der Waals surface area contributed by atoms with Crippen LogP contribution in [0.25, 0.3) is 0 Å². The Kier molecular flexibility index (Phi) is 17.1. The normalized spacial score (nSPS) is 20.7. The standard InChI is InChI=1S/C43H67N5O6S/c1-12-23-54-36(40-45-33(27-55-40)38(49)44-32(24-30(6)42(52)53)25-31-19-15-14-16-20-31)26-34(28(3)4)47(10)41(51)37(29(5)13-2)46-39(50)35-21-17-18-22-48(35,11)43(7,8)9/h12,14-16,19-20,27-30,32,34-37H,1,13,17-18,21-26H2,2-11H3,(H2-,44,46,49,50,52,53)/p+1/t29-,30-,32+,34+,35+,36+,37?,48?/m0/s1. The van der Waals surface area contributed by atoms with E-state index in [-0.39, 0.29) is 65.9 Å². The summed E-state index contributed by atoms with van der Waals surface area (Å²) in [6, 6.07) is 8.05. The quantitative estimate of drug-likeness (QED) is 0.0968. The topological polar surface area (TPSA) is 138 Å². The fourth-order valence-electron chi connectivity index (χ4n) is 7.67. The number of quaternary nitrogens is 1. The summed E-state index contributed by atoms with van der Waals surface area (Å²) >= 11 is 1.31. The second-order valence-corrected chi connectivity index (χ2v) is 17.9. The second kappa shape index (κ2) is 20.5. The molecule has 1 fully saturated rings. The number of benzene rings is 1. The summed E-state index contributed by atoms with van der Waals surface area (Å²) in [6.07, 6.45) is 5.86.